The van der Waals surface area contributed by atoms with Gasteiger partial charge >= 0.3 is 11.6 Å². The van der Waals surface area contributed by atoms with Crippen LogP contribution in [0, 0.1) is 26.7 Å². The molecular weight excluding hydrogens is 446 g/mol. The molecule has 1 fully saturated rings. The third-order valence-corrected chi connectivity index (χ3v) is 7.22. The van der Waals surface area contributed by atoms with Crippen LogP contribution in [0.3, 0.4) is 0 Å². The van der Waals surface area contributed by atoms with Crippen molar-refractivity contribution in [1.29, 1.82) is 0 Å². The molecule has 1 amide bonds. The second-order valence-electron chi connectivity index (χ2n) is 9.32. The first-order valence-corrected chi connectivity index (χ1v) is 11.8. The van der Waals surface area contributed by atoms with Gasteiger partial charge in [0.2, 0.25) is 5.91 Å². The lowest BCUT2D eigenvalue weighted by atomic mass is 9.95. The summed E-state index contributed by atoms with van der Waals surface area (Å²) >= 11 is 0. The maximum Gasteiger partial charge on any atom is 0.340 e. The van der Waals surface area contributed by atoms with Gasteiger partial charge < -0.3 is 18.8 Å². The van der Waals surface area contributed by atoms with Crippen LogP contribution in [-0.4, -0.2) is 35.0 Å². The van der Waals surface area contributed by atoms with E-state index in [1.54, 1.807) is 4.90 Å². The van der Waals surface area contributed by atoms with E-state index in [1.165, 1.54) is 0 Å². The number of carbonyl (C=O) groups excluding carboxylic acids is 1. The number of fused-ring (bicyclic) bond motifs is 2. The highest BCUT2D eigenvalue weighted by molar-refractivity contribution is 6.06. The average Bonchev–Trinajstić information content (AvgIpc) is 3.19. The van der Waals surface area contributed by atoms with Crippen molar-refractivity contribution in [3.8, 4) is 11.1 Å². The summed E-state index contributed by atoms with van der Waals surface area (Å²) in [6.07, 6.45) is 0.770. The molecule has 7 nitrogen and oxygen atoms in total. The van der Waals surface area contributed by atoms with Gasteiger partial charge in [-0.3, -0.25) is 9.59 Å². The molecule has 1 saturated heterocycles. The largest absolute Gasteiger partial charge is 0.481 e. The van der Waals surface area contributed by atoms with Gasteiger partial charge in [0.1, 0.15) is 16.9 Å². The minimum absolute atomic E-state index is 0.0745. The lowest BCUT2D eigenvalue weighted by Crippen LogP contribution is -2.41. The van der Waals surface area contributed by atoms with Gasteiger partial charge in [0.05, 0.1) is 17.9 Å². The zero-order valence-corrected chi connectivity index (χ0v) is 20.0. The van der Waals surface area contributed by atoms with Gasteiger partial charge in [-0.1, -0.05) is 30.3 Å². The van der Waals surface area contributed by atoms with Crippen molar-refractivity contribution < 1.29 is 23.5 Å². The Morgan fingerprint density at radius 3 is 2.29 bits per heavy atom. The molecule has 0 saturated carbocycles. The average molecular weight is 474 g/mol. The molecule has 2 aromatic heterocycles. The van der Waals surface area contributed by atoms with Crippen LogP contribution in [0.5, 0.6) is 0 Å². The van der Waals surface area contributed by atoms with Crippen molar-refractivity contribution in [2.45, 2.75) is 40.0 Å². The van der Waals surface area contributed by atoms with Crippen LogP contribution < -0.4 is 5.63 Å². The highest BCUT2D eigenvalue weighted by atomic mass is 16.4. The van der Waals surface area contributed by atoms with Crippen LogP contribution in [0.4, 0.5) is 0 Å². The van der Waals surface area contributed by atoms with Gasteiger partial charge in [-0.2, -0.15) is 0 Å². The van der Waals surface area contributed by atoms with Gasteiger partial charge in [0.25, 0.3) is 0 Å². The number of amides is 1. The molecule has 35 heavy (non-hydrogen) atoms. The molecule has 1 N–H and O–H groups in total. The normalized spacial score (nSPS) is 14.7. The smallest absolute Gasteiger partial charge is 0.340 e. The van der Waals surface area contributed by atoms with Crippen molar-refractivity contribution >= 4 is 33.8 Å². The highest BCUT2D eigenvalue weighted by Gasteiger charge is 2.28. The van der Waals surface area contributed by atoms with Crippen molar-refractivity contribution in [2.75, 3.05) is 13.1 Å². The number of likely N-dealkylation sites (tertiary alicyclic amines) is 1. The number of furan rings is 1. The summed E-state index contributed by atoms with van der Waals surface area (Å²) in [5, 5.41) is 10.9. The maximum atomic E-state index is 13.0. The maximum absolute atomic E-state index is 13.0. The van der Waals surface area contributed by atoms with Crippen LogP contribution >= 0.6 is 0 Å². The summed E-state index contributed by atoms with van der Waals surface area (Å²) in [4.78, 5) is 38.8. The predicted molar refractivity (Wildman–Crippen MR) is 133 cm³/mol. The molecule has 7 heteroatoms. The standard InChI is InChI=1S/C28H27NO6/c1-15-20-13-22-24(18-7-5-4-6-8-18)17(3)34-26(22)16(2)25(20)35-28(33)21(15)14-23(30)29-11-9-19(10-12-29)27(31)32/h4-8,13,19H,9-12,14H2,1-3H3,(H,31,32). The third-order valence-electron chi connectivity index (χ3n) is 7.22. The second-order valence-corrected chi connectivity index (χ2v) is 9.32. The number of carboxylic acid groups (broad SMARTS) is 1. The molecule has 1 aliphatic heterocycles. The lowest BCUT2D eigenvalue weighted by Gasteiger charge is -2.30. The quantitative estimate of drug-likeness (QED) is 0.419. The Morgan fingerprint density at radius 2 is 1.63 bits per heavy atom. The van der Waals surface area contributed by atoms with Crippen LogP contribution in [-0.2, 0) is 16.0 Å². The number of nitrogens with zero attached hydrogens (tertiary/aromatic N) is 1. The van der Waals surface area contributed by atoms with Crippen molar-refractivity contribution in [3.63, 3.8) is 0 Å². The van der Waals surface area contributed by atoms with E-state index in [9.17, 15) is 19.5 Å². The van der Waals surface area contributed by atoms with Gasteiger partial charge in [0.15, 0.2) is 0 Å². The summed E-state index contributed by atoms with van der Waals surface area (Å²) in [6.45, 7) is 6.40. The van der Waals surface area contributed by atoms with E-state index in [2.05, 4.69) is 0 Å². The molecule has 0 unspecified atom stereocenters. The van der Waals surface area contributed by atoms with Crippen LogP contribution in [0.2, 0.25) is 0 Å². The molecule has 0 spiro atoms. The highest BCUT2D eigenvalue weighted by Crippen LogP contribution is 2.39. The fraction of sp³-hybridized carbons (Fsp3) is 0.321. The fourth-order valence-electron chi connectivity index (χ4n) is 5.18. The molecule has 0 atom stereocenters. The Morgan fingerprint density at radius 1 is 0.971 bits per heavy atom. The molecule has 180 valence electrons. The molecule has 0 bridgehead atoms. The molecule has 2 aromatic carbocycles. The monoisotopic (exact) mass is 473 g/mol. The zero-order chi connectivity index (χ0) is 24.9. The summed E-state index contributed by atoms with van der Waals surface area (Å²) in [6, 6.07) is 12.0. The van der Waals surface area contributed by atoms with E-state index in [-0.39, 0.29) is 12.3 Å². The first-order valence-electron chi connectivity index (χ1n) is 11.8. The Labute approximate surface area is 201 Å². The zero-order valence-electron chi connectivity index (χ0n) is 20.0. The lowest BCUT2D eigenvalue weighted by molar-refractivity contribution is -0.145. The van der Waals surface area contributed by atoms with Crippen LogP contribution in [0.15, 0.2) is 50.0 Å². The summed E-state index contributed by atoms with van der Waals surface area (Å²) in [5.41, 5.74) is 4.45. The van der Waals surface area contributed by atoms with E-state index >= 15 is 0 Å². The number of benzene rings is 2. The number of carbonyl (C=O) groups is 2. The summed E-state index contributed by atoms with van der Waals surface area (Å²) in [5.74, 6) is -0.654. The predicted octanol–water partition coefficient (Wildman–Crippen LogP) is 5.00. The van der Waals surface area contributed by atoms with E-state index in [0.29, 0.717) is 48.2 Å². The number of carboxylic acids is 1. The van der Waals surface area contributed by atoms with Crippen LogP contribution in [0.1, 0.15) is 35.3 Å². The number of hydrogen-bond donors (Lipinski definition) is 1. The molecule has 1 aliphatic rings. The number of aliphatic carboxylic acids is 1. The molecule has 5 rings (SSSR count). The first-order chi connectivity index (χ1) is 16.8. The van der Waals surface area contributed by atoms with Gasteiger partial charge in [0, 0.05) is 35.0 Å². The Kier molecular flexibility index (Phi) is 5.71. The van der Waals surface area contributed by atoms with Crippen LogP contribution in [0.25, 0.3) is 33.1 Å². The Bertz CT molecular complexity index is 1520. The number of hydrogen-bond acceptors (Lipinski definition) is 5. The molecule has 3 heterocycles. The van der Waals surface area contributed by atoms with Gasteiger partial charge in [-0.15, -0.1) is 0 Å². The Balaban J connectivity index is 1.57. The SMILES string of the molecule is Cc1oc2c(C)c3oc(=O)c(CC(=O)N4CCC(C(=O)O)CC4)c(C)c3cc2c1-c1ccccc1. The fourth-order valence-corrected chi connectivity index (χ4v) is 5.18. The van der Waals surface area contributed by atoms with E-state index < -0.39 is 17.5 Å². The van der Waals surface area contributed by atoms with E-state index in [1.807, 2.05) is 57.2 Å². The topological polar surface area (TPSA) is 101 Å². The van der Waals surface area contributed by atoms with E-state index in [4.69, 9.17) is 8.83 Å². The van der Waals surface area contributed by atoms with Gasteiger partial charge in [-0.05, 0) is 50.8 Å². The van der Waals surface area contributed by atoms with Gasteiger partial charge in [-0.25, -0.2) is 4.79 Å². The van der Waals surface area contributed by atoms with Crippen molar-refractivity contribution in [2.24, 2.45) is 5.92 Å². The minimum atomic E-state index is -0.825. The first kappa shape index (κ1) is 22.9. The van der Waals surface area contributed by atoms with Crippen molar-refractivity contribution in [3.05, 3.63) is 69.3 Å². The van der Waals surface area contributed by atoms with E-state index in [0.717, 1.165) is 33.2 Å². The number of aryl methyl sites for hydroxylation is 3. The third kappa shape index (κ3) is 3.91. The minimum Gasteiger partial charge on any atom is -0.481 e. The summed E-state index contributed by atoms with van der Waals surface area (Å²) < 4.78 is 11.8. The number of piperidine rings is 1. The molecule has 0 aliphatic carbocycles. The number of rotatable bonds is 4. The van der Waals surface area contributed by atoms with Crippen molar-refractivity contribution in [1.82, 2.24) is 4.90 Å². The Hall–Kier alpha value is -3.87. The summed E-state index contributed by atoms with van der Waals surface area (Å²) in [7, 11) is 0. The molecular formula is C28H27NO6. The molecule has 4 aromatic rings. The molecule has 0 radical (unpaired) electrons. The second kappa shape index (κ2) is 8.73.